The van der Waals surface area contributed by atoms with Crippen LogP contribution in [0, 0.1) is 0 Å². The van der Waals surface area contributed by atoms with Crippen LogP contribution in [-0.2, 0) is 11.4 Å². The Bertz CT molecular complexity index is 1080. The van der Waals surface area contributed by atoms with E-state index in [2.05, 4.69) is 10.3 Å². The minimum absolute atomic E-state index is 0. The Morgan fingerprint density at radius 1 is 0.737 bits per heavy atom. The van der Waals surface area contributed by atoms with Crippen LogP contribution in [0.15, 0.2) is 89.9 Å². The average molecular weight is 539 g/mol. The van der Waals surface area contributed by atoms with Crippen LogP contribution in [0.5, 0.6) is 11.5 Å². The summed E-state index contributed by atoms with van der Waals surface area (Å²) in [5.41, 5.74) is 12.9. The van der Waals surface area contributed by atoms with Crippen LogP contribution in [-0.4, -0.2) is 25.0 Å². The van der Waals surface area contributed by atoms with Crippen molar-refractivity contribution in [3.63, 3.8) is 0 Å². The number of hydrogen-bond acceptors (Lipinski definition) is 4. The van der Waals surface area contributed by atoms with E-state index in [4.69, 9.17) is 20.9 Å². The fourth-order valence-corrected chi connectivity index (χ4v) is 3.87. The zero-order valence-electron chi connectivity index (χ0n) is 21.8. The summed E-state index contributed by atoms with van der Waals surface area (Å²) in [6.45, 7) is 1.86. The number of nitrogens with zero attached hydrogens (tertiary/aromatic N) is 1. The van der Waals surface area contributed by atoms with E-state index >= 15 is 0 Å². The highest BCUT2D eigenvalue weighted by molar-refractivity contribution is 5.87. The number of halogens is 1. The van der Waals surface area contributed by atoms with Gasteiger partial charge < -0.3 is 26.3 Å². The van der Waals surface area contributed by atoms with Gasteiger partial charge in [-0.2, -0.15) is 0 Å². The Balaban J connectivity index is 0.00000507. The maximum absolute atomic E-state index is 12.6. The molecule has 204 valence electrons. The van der Waals surface area contributed by atoms with Gasteiger partial charge in [-0.25, -0.2) is 4.99 Å². The Kier molecular flexibility index (Phi) is 14.2. The molecule has 0 radical (unpaired) electrons. The van der Waals surface area contributed by atoms with E-state index in [9.17, 15) is 4.79 Å². The van der Waals surface area contributed by atoms with Crippen molar-refractivity contribution in [2.45, 2.75) is 51.2 Å². The summed E-state index contributed by atoms with van der Waals surface area (Å²) in [6.07, 6.45) is 6.38. The fraction of sp³-hybridized carbons (Fsp3) is 0.333. The molecular weight excluding hydrogens is 500 g/mol. The first-order valence-electron chi connectivity index (χ1n) is 12.9. The second kappa shape index (κ2) is 17.7. The van der Waals surface area contributed by atoms with Crippen molar-refractivity contribution in [2.24, 2.45) is 16.5 Å². The van der Waals surface area contributed by atoms with E-state index < -0.39 is 6.04 Å². The largest absolute Gasteiger partial charge is 0.494 e. The molecule has 0 aliphatic rings. The molecule has 0 heterocycles. The van der Waals surface area contributed by atoms with Crippen molar-refractivity contribution in [2.75, 3.05) is 13.2 Å². The lowest BCUT2D eigenvalue weighted by atomic mass is 10.1. The van der Waals surface area contributed by atoms with E-state index in [0.29, 0.717) is 19.8 Å². The summed E-state index contributed by atoms with van der Waals surface area (Å²) in [5.74, 6) is 1.40. The lowest BCUT2D eigenvalue weighted by Gasteiger charge is -2.13. The molecule has 0 bridgehead atoms. The van der Waals surface area contributed by atoms with Gasteiger partial charge in [0.25, 0.3) is 0 Å². The first-order chi connectivity index (χ1) is 18.1. The third kappa shape index (κ3) is 11.6. The van der Waals surface area contributed by atoms with Crippen molar-refractivity contribution in [3.8, 4) is 11.5 Å². The molecule has 8 heteroatoms. The monoisotopic (exact) mass is 538 g/mol. The molecular formula is C30H39ClN4O3. The lowest BCUT2D eigenvalue weighted by Crippen LogP contribution is -2.32. The van der Waals surface area contributed by atoms with Crippen molar-refractivity contribution < 1.29 is 14.3 Å². The quantitative estimate of drug-likeness (QED) is 0.126. The molecule has 0 saturated heterocycles. The second-order valence-corrected chi connectivity index (χ2v) is 8.87. The van der Waals surface area contributed by atoms with Crippen LogP contribution in [0.25, 0.3) is 0 Å². The number of rotatable bonds is 16. The lowest BCUT2D eigenvalue weighted by molar-refractivity contribution is -0.122. The van der Waals surface area contributed by atoms with E-state index in [0.717, 1.165) is 61.2 Å². The standard InChI is InChI=1S/C30H38N4O3.ClH/c31-30(32)34-28(25-15-9-6-10-16-25)29(35)33-21-11-3-1-2-4-12-22-36-26-17-19-27(20-18-26)37-23-24-13-7-5-8-14-24;/h5-10,13-20,28H,1-4,11-12,21-23H2,(H,33,35)(H4,31,32,34);1H/t28-;/m0./s1. The number of aliphatic imine (C=N–C) groups is 1. The predicted octanol–water partition coefficient (Wildman–Crippen LogP) is 5.54. The van der Waals surface area contributed by atoms with Gasteiger partial charge in [0, 0.05) is 6.54 Å². The van der Waals surface area contributed by atoms with Crippen LogP contribution in [0.4, 0.5) is 0 Å². The molecule has 0 unspecified atom stereocenters. The predicted molar refractivity (Wildman–Crippen MR) is 156 cm³/mol. The molecule has 1 atom stereocenters. The van der Waals surface area contributed by atoms with E-state index in [1.165, 1.54) is 0 Å². The molecule has 3 aromatic rings. The molecule has 7 nitrogen and oxygen atoms in total. The molecule has 0 spiro atoms. The first kappa shape index (κ1) is 30.5. The normalized spacial score (nSPS) is 11.1. The summed E-state index contributed by atoms with van der Waals surface area (Å²) < 4.78 is 11.7. The van der Waals surface area contributed by atoms with Crippen molar-refractivity contribution in [1.82, 2.24) is 5.32 Å². The van der Waals surface area contributed by atoms with Gasteiger partial charge >= 0.3 is 0 Å². The summed E-state index contributed by atoms with van der Waals surface area (Å²) in [6, 6.07) is 26.5. The zero-order chi connectivity index (χ0) is 26.1. The highest BCUT2D eigenvalue weighted by atomic mass is 35.5. The SMILES string of the molecule is Cl.NC(N)=N[C@H](C(=O)NCCCCCCCCOc1ccc(OCc2ccccc2)cc1)c1ccccc1. The number of nitrogens with one attached hydrogen (secondary N) is 1. The van der Waals surface area contributed by atoms with Gasteiger partial charge in [-0.1, -0.05) is 86.3 Å². The van der Waals surface area contributed by atoms with Crippen molar-refractivity contribution in [1.29, 1.82) is 0 Å². The Morgan fingerprint density at radius 3 is 1.92 bits per heavy atom. The molecule has 0 saturated carbocycles. The number of benzene rings is 3. The van der Waals surface area contributed by atoms with Crippen molar-refractivity contribution >= 4 is 24.3 Å². The second-order valence-electron chi connectivity index (χ2n) is 8.87. The molecule has 0 fully saturated rings. The molecule has 5 N–H and O–H groups in total. The zero-order valence-corrected chi connectivity index (χ0v) is 22.6. The van der Waals surface area contributed by atoms with Crippen LogP contribution in [0.1, 0.15) is 55.7 Å². The highest BCUT2D eigenvalue weighted by Gasteiger charge is 2.19. The Morgan fingerprint density at radius 2 is 1.29 bits per heavy atom. The van der Waals surface area contributed by atoms with Crippen LogP contribution in [0.2, 0.25) is 0 Å². The topological polar surface area (TPSA) is 112 Å². The van der Waals surface area contributed by atoms with Gasteiger partial charge in [0.15, 0.2) is 12.0 Å². The molecule has 0 aliphatic heterocycles. The number of carbonyl (C=O) groups is 1. The molecule has 3 aromatic carbocycles. The van der Waals surface area contributed by atoms with Gasteiger partial charge in [-0.05, 0) is 48.2 Å². The van der Waals surface area contributed by atoms with Gasteiger partial charge in [0.05, 0.1) is 6.61 Å². The number of amides is 1. The number of carbonyl (C=O) groups excluding carboxylic acids is 1. The Hall–Kier alpha value is -3.71. The molecule has 0 aromatic heterocycles. The smallest absolute Gasteiger partial charge is 0.249 e. The molecule has 1 amide bonds. The van der Waals surface area contributed by atoms with Gasteiger partial charge in [-0.15, -0.1) is 12.4 Å². The van der Waals surface area contributed by atoms with E-state index in [1.807, 2.05) is 84.9 Å². The summed E-state index contributed by atoms with van der Waals surface area (Å²) in [4.78, 5) is 16.7. The highest BCUT2D eigenvalue weighted by Crippen LogP contribution is 2.20. The average Bonchev–Trinajstić information content (AvgIpc) is 2.93. The van der Waals surface area contributed by atoms with Crippen LogP contribution in [0.3, 0.4) is 0 Å². The van der Waals surface area contributed by atoms with Crippen molar-refractivity contribution in [3.05, 3.63) is 96.1 Å². The summed E-state index contributed by atoms with van der Waals surface area (Å²) in [7, 11) is 0. The fourth-order valence-electron chi connectivity index (χ4n) is 3.87. The Labute approximate surface area is 232 Å². The third-order valence-electron chi connectivity index (χ3n) is 5.85. The summed E-state index contributed by atoms with van der Waals surface area (Å²) in [5, 5.41) is 2.95. The number of unbranched alkanes of at least 4 members (excludes halogenated alkanes) is 5. The number of nitrogens with two attached hydrogens (primary N) is 2. The maximum atomic E-state index is 12.6. The number of guanidine groups is 1. The van der Waals surface area contributed by atoms with Gasteiger partial charge in [0.1, 0.15) is 18.1 Å². The maximum Gasteiger partial charge on any atom is 0.249 e. The first-order valence-corrected chi connectivity index (χ1v) is 12.9. The number of hydrogen-bond donors (Lipinski definition) is 3. The van der Waals surface area contributed by atoms with E-state index in [-0.39, 0.29) is 24.3 Å². The van der Waals surface area contributed by atoms with Crippen LogP contribution >= 0.6 is 12.4 Å². The molecule has 38 heavy (non-hydrogen) atoms. The molecule has 0 aliphatic carbocycles. The molecule has 3 rings (SSSR count). The minimum Gasteiger partial charge on any atom is -0.494 e. The van der Waals surface area contributed by atoms with Gasteiger partial charge in [-0.3, -0.25) is 4.79 Å². The van der Waals surface area contributed by atoms with Gasteiger partial charge in [0.2, 0.25) is 5.91 Å². The van der Waals surface area contributed by atoms with Crippen LogP contribution < -0.4 is 26.3 Å². The summed E-state index contributed by atoms with van der Waals surface area (Å²) >= 11 is 0. The third-order valence-corrected chi connectivity index (χ3v) is 5.85. The minimum atomic E-state index is -0.718. The van der Waals surface area contributed by atoms with E-state index in [1.54, 1.807) is 0 Å². The number of ether oxygens (including phenoxy) is 2.